The minimum atomic E-state index is -3.56. The molecule has 1 rings (SSSR count). The molecule has 0 saturated heterocycles. The molecule has 23 heavy (non-hydrogen) atoms. The normalized spacial score (nSPS) is 11.4. The number of nitrogens with one attached hydrogen (secondary N) is 1. The van der Waals surface area contributed by atoms with Crippen molar-refractivity contribution in [2.45, 2.75) is 51.3 Å². The molecule has 0 aliphatic carbocycles. The summed E-state index contributed by atoms with van der Waals surface area (Å²) >= 11 is 0. The van der Waals surface area contributed by atoms with Crippen molar-refractivity contribution < 1.29 is 13.2 Å². The second-order valence-corrected chi connectivity index (χ2v) is 7.28. The van der Waals surface area contributed by atoms with Crippen LogP contribution in [0, 0.1) is 0 Å². The second-order valence-electron chi connectivity index (χ2n) is 5.52. The number of benzene rings is 1. The summed E-state index contributed by atoms with van der Waals surface area (Å²) in [5.41, 5.74) is 0.418. The van der Waals surface area contributed by atoms with E-state index in [1.165, 1.54) is 12.1 Å². The van der Waals surface area contributed by atoms with Gasteiger partial charge in [-0.3, -0.25) is 4.79 Å². The molecule has 0 radical (unpaired) electrons. The topological polar surface area (TPSA) is 66.5 Å². The van der Waals surface area contributed by atoms with Crippen LogP contribution in [0.5, 0.6) is 0 Å². The van der Waals surface area contributed by atoms with E-state index in [2.05, 4.69) is 11.6 Å². The predicted molar refractivity (Wildman–Crippen MR) is 93.0 cm³/mol. The summed E-state index contributed by atoms with van der Waals surface area (Å²) in [7, 11) is -3.56. The van der Waals surface area contributed by atoms with Crippen LogP contribution in [0.1, 0.15) is 56.8 Å². The van der Waals surface area contributed by atoms with Crippen molar-refractivity contribution in [3.63, 3.8) is 0 Å². The highest BCUT2D eigenvalue weighted by Gasteiger charge is 2.18. The van der Waals surface area contributed by atoms with E-state index < -0.39 is 10.0 Å². The number of carbonyl (C=O) groups is 1. The lowest BCUT2D eigenvalue weighted by atomic mass is 10.2. The van der Waals surface area contributed by atoms with Crippen LogP contribution in [0.4, 0.5) is 0 Å². The van der Waals surface area contributed by atoms with Crippen LogP contribution in [0.3, 0.4) is 0 Å². The fourth-order valence-electron chi connectivity index (χ4n) is 2.20. The molecule has 5 nitrogen and oxygen atoms in total. The second kappa shape index (κ2) is 9.67. The smallest absolute Gasteiger partial charge is 0.253 e. The number of unbranched alkanes of at least 4 members (excludes halogenated alkanes) is 2. The zero-order valence-corrected chi connectivity index (χ0v) is 15.2. The van der Waals surface area contributed by atoms with E-state index in [1.54, 1.807) is 17.0 Å². The summed E-state index contributed by atoms with van der Waals surface area (Å²) in [6, 6.07) is 6.27. The van der Waals surface area contributed by atoms with Gasteiger partial charge >= 0.3 is 0 Å². The Morgan fingerprint density at radius 3 is 2.43 bits per heavy atom. The first-order valence-electron chi connectivity index (χ1n) is 8.35. The number of rotatable bonds is 10. The molecule has 0 saturated carbocycles. The number of sulfonamides is 1. The van der Waals surface area contributed by atoms with Crippen LogP contribution in [0.2, 0.25) is 0 Å². The molecule has 0 aromatic heterocycles. The van der Waals surface area contributed by atoms with Gasteiger partial charge in [-0.2, -0.15) is 0 Å². The fourth-order valence-corrected chi connectivity index (χ4v) is 3.32. The maximum atomic E-state index is 12.5. The molecule has 6 heteroatoms. The third kappa shape index (κ3) is 5.95. The Kier molecular flexibility index (Phi) is 8.26. The van der Waals surface area contributed by atoms with Gasteiger partial charge in [0, 0.05) is 25.2 Å². The van der Waals surface area contributed by atoms with E-state index in [9.17, 15) is 13.2 Å². The first kappa shape index (κ1) is 19.6. The van der Waals surface area contributed by atoms with Crippen LogP contribution in [-0.4, -0.2) is 38.9 Å². The monoisotopic (exact) mass is 340 g/mol. The van der Waals surface area contributed by atoms with E-state index in [0.29, 0.717) is 25.2 Å². The molecule has 1 aromatic rings. The van der Waals surface area contributed by atoms with Gasteiger partial charge in [-0.1, -0.05) is 32.8 Å². The van der Waals surface area contributed by atoms with Crippen molar-refractivity contribution in [2.75, 3.05) is 19.6 Å². The van der Waals surface area contributed by atoms with Gasteiger partial charge in [0.1, 0.15) is 0 Å². The molecule has 130 valence electrons. The summed E-state index contributed by atoms with van der Waals surface area (Å²) in [6.07, 6.45) is 3.66. The van der Waals surface area contributed by atoms with E-state index >= 15 is 0 Å². The summed E-state index contributed by atoms with van der Waals surface area (Å²) < 4.78 is 27.1. The molecule has 0 heterocycles. The van der Waals surface area contributed by atoms with Gasteiger partial charge in [0.05, 0.1) is 4.90 Å². The van der Waals surface area contributed by atoms with Crippen LogP contribution in [0.15, 0.2) is 29.2 Å². The molecule has 0 unspecified atom stereocenters. The maximum Gasteiger partial charge on any atom is 0.253 e. The van der Waals surface area contributed by atoms with E-state index in [0.717, 1.165) is 25.7 Å². The lowest BCUT2D eigenvalue weighted by Crippen LogP contribution is -2.32. The van der Waals surface area contributed by atoms with Gasteiger partial charge in [0.2, 0.25) is 10.0 Å². The highest BCUT2D eigenvalue weighted by atomic mass is 32.2. The Hall–Kier alpha value is -1.40. The van der Waals surface area contributed by atoms with E-state index in [4.69, 9.17) is 0 Å². The van der Waals surface area contributed by atoms with Gasteiger partial charge in [0.25, 0.3) is 5.91 Å². The lowest BCUT2D eigenvalue weighted by Gasteiger charge is -2.21. The fraction of sp³-hybridized carbons (Fsp3) is 0.588. The van der Waals surface area contributed by atoms with Gasteiger partial charge in [0.15, 0.2) is 0 Å². The number of hydrogen-bond donors (Lipinski definition) is 1. The average Bonchev–Trinajstić information content (AvgIpc) is 2.55. The minimum Gasteiger partial charge on any atom is -0.339 e. The summed E-state index contributed by atoms with van der Waals surface area (Å²) in [6.45, 7) is 7.73. The highest BCUT2D eigenvalue weighted by Crippen LogP contribution is 2.14. The van der Waals surface area contributed by atoms with Crippen molar-refractivity contribution in [2.24, 2.45) is 0 Å². The zero-order valence-electron chi connectivity index (χ0n) is 14.3. The number of hydrogen-bond acceptors (Lipinski definition) is 3. The molecule has 0 spiro atoms. The van der Waals surface area contributed by atoms with Crippen molar-refractivity contribution in [1.82, 2.24) is 9.62 Å². The lowest BCUT2D eigenvalue weighted by molar-refractivity contribution is 0.0762. The van der Waals surface area contributed by atoms with Crippen molar-refractivity contribution in [3.8, 4) is 0 Å². The van der Waals surface area contributed by atoms with Crippen molar-refractivity contribution >= 4 is 15.9 Å². The Bertz CT molecular complexity index is 600. The zero-order chi connectivity index (χ0) is 17.3. The third-order valence-electron chi connectivity index (χ3n) is 3.66. The van der Waals surface area contributed by atoms with Gasteiger partial charge in [-0.15, -0.1) is 0 Å². The molecule has 1 amide bonds. The first-order valence-corrected chi connectivity index (χ1v) is 9.83. The van der Waals surface area contributed by atoms with Crippen LogP contribution in [-0.2, 0) is 10.0 Å². The predicted octanol–water partition coefficient (Wildman–Crippen LogP) is 3.03. The molecule has 0 aliphatic heterocycles. The third-order valence-corrected chi connectivity index (χ3v) is 5.12. The number of nitrogens with zero attached hydrogens (tertiary/aromatic N) is 1. The summed E-state index contributed by atoms with van der Waals surface area (Å²) in [5, 5.41) is 0. The van der Waals surface area contributed by atoms with Crippen LogP contribution in [0.25, 0.3) is 0 Å². The number of carbonyl (C=O) groups excluding carboxylic acids is 1. The van der Waals surface area contributed by atoms with Crippen LogP contribution < -0.4 is 4.72 Å². The van der Waals surface area contributed by atoms with E-state index in [1.807, 2.05) is 13.8 Å². The quantitative estimate of drug-likeness (QED) is 0.666. The van der Waals surface area contributed by atoms with Gasteiger partial charge in [-0.25, -0.2) is 13.1 Å². The van der Waals surface area contributed by atoms with Gasteiger partial charge < -0.3 is 4.90 Å². The first-order chi connectivity index (χ1) is 11.0. The Labute approximate surface area is 140 Å². The minimum absolute atomic E-state index is 0.119. The summed E-state index contributed by atoms with van der Waals surface area (Å²) in [4.78, 5) is 14.4. The molecule has 0 fully saturated rings. The molecule has 1 N–H and O–H groups in total. The molecular weight excluding hydrogens is 312 g/mol. The van der Waals surface area contributed by atoms with Gasteiger partial charge in [-0.05, 0) is 38.0 Å². The Morgan fingerprint density at radius 2 is 1.83 bits per heavy atom. The Morgan fingerprint density at radius 1 is 1.13 bits per heavy atom. The molecule has 0 aliphatic rings. The van der Waals surface area contributed by atoms with Crippen LogP contribution >= 0.6 is 0 Å². The number of amides is 1. The largest absolute Gasteiger partial charge is 0.339 e. The standard InChI is InChI=1S/C17H28N2O3S/c1-4-7-12-18-23(21,22)16-11-9-10-15(14-16)17(20)19(6-3)13-8-5-2/h9-11,14,18H,4-8,12-13H2,1-3H3. The van der Waals surface area contributed by atoms with Crippen molar-refractivity contribution in [3.05, 3.63) is 29.8 Å². The summed E-state index contributed by atoms with van der Waals surface area (Å²) in [5.74, 6) is -0.119. The molecule has 0 bridgehead atoms. The molecule has 0 atom stereocenters. The van der Waals surface area contributed by atoms with Crippen molar-refractivity contribution in [1.29, 1.82) is 0 Å². The maximum absolute atomic E-state index is 12.5. The van der Waals surface area contributed by atoms with E-state index in [-0.39, 0.29) is 10.8 Å². The SMILES string of the molecule is CCCCNS(=O)(=O)c1cccc(C(=O)N(CC)CCCC)c1. The highest BCUT2D eigenvalue weighted by molar-refractivity contribution is 7.89. The molecule has 1 aromatic carbocycles. The average molecular weight is 340 g/mol. The molecular formula is C17H28N2O3S. The Balaban J connectivity index is 2.92.